The largest absolute Gasteiger partial charge is 0.481 e. The van der Waals surface area contributed by atoms with Crippen LogP contribution >= 0.6 is 23.2 Å². The molecule has 94 valence electrons. The summed E-state index contributed by atoms with van der Waals surface area (Å²) in [6, 6.07) is 9.14. The van der Waals surface area contributed by atoms with E-state index in [9.17, 15) is 0 Å². The summed E-state index contributed by atoms with van der Waals surface area (Å²) < 4.78 is 5.18. The Morgan fingerprint density at radius 2 is 1.94 bits per heavy atom. The summed E-state index contributed by atoms with van der Waals surface area (Å²) >= 11 is 11.9. The van der Waals surface area contributed by atoms with Crippen molar-refractivity contribution in [2.45, 2.75) is 6.54 Å². The van der Waals surface area contributed by atoms with Crippen molar-refractivity contribution in [1.82, 2.24) is 4.98 Å². The van der Waals surface area contributed by atoms with Gasteiger partial charge in [-0.3, -0.25) is 0 Å². The third-order valence-electron chi connectivity index (χ3n) is 2.39. The molecule has 0 bridgehead atoms. The van der Waals surface area contributed by atoms with Crippen molar-refractivity contribution < 1.29 is 4.74 Å². The van der Waals surface area contributed by atoms with E-state index in [1.54, 1.807) is 19.4 Å². The molecule has 0 aliphatic rings. The van der Waals surface area contributed by atoms with E-state index >= 15 is 0 Å². The molecule has 18 heavy (non-hydrogen) atoms. The quantitative estimate of drug-likeness (QED) is 0.920. The first kappa shape index (κ1) is 13.0. The molecule has 0 saturated heterocycles. The second-order valence-corrected chi connectivity index (χ2v) is 4.56. The molecule has 1 aromatic heterocycles. The van der Waals surface area contributed by atoms with Gasteiger partial charge in [-0.2, -0.15) is 0 Å². The summed E-state index contributed by atoms with van der Waals surface area (Å²) in [4.78, 5) is 4.13. The molecule has 5 heteroatoms. The monoisotopic (exact) mass is 282 g/mol. The Bertz CT molecular complexity index is 526. The Balaban J connectivity index is 2.11. The van der Waals surface area contributed by atoms with Gasteiger partial charge in [0.25, 0.3) is 0 Å². The van der Waals surface area contributed by atoms with Crippen molar-refractivity contribution in [1.29, 1.82) is 0 Å². The van der Waals surface area contributed by atoms with Crippen LogP contribution in [0.5, 0.6) is 5.88 Å². The third-order valence-corrected chi connectivity index (χ3v) is 2.83. The molecule has 0 aliphatic heterocycles. The van der Waals surface area contributed by atoms with Crippen LogP contribution in [0, 0.1) is 0 Å². The molecule has 0 unspecified atom stereocenters. The highest BCUT2D eigenvalue weighted by Crippen LogP contribution is 2.23. The second kappa shape index (κ2) is 5.94. The Morgan fingerprint density at radius 1 is 1.22 bits per heavy atom. The molecule has 1 heterocycles. The van der Waals surface area contributed by atoms with Crippen LogP contribution in [-0.4, -0.2) is 12.1 Å². The zero-order valence-corrected chi connectivity index (χ0v) is 11.3. The number of methoxy groups -OCH3 is 1. The molecule has 0 amide bonds. The van der Waals surface area contributed by atoms with E-state index in [4.69, 9.17) is 27.9 Å². The minimum absolute atomic E-state index is 0.591. The number of ether oxygens (including phenoxy) is 1. The number of hydrogen-bond donors (Lipinski definition) is 1. The predicted molar refractivity (Wildman–Crippen MR) is 74.6 cm³/mol. The molecule has 2 aromatic rings. The molecule has 1 aromatic carbocycles. The van der Waals surface area contributed by atoms with Gasteiger partial charge in [0.2, 0.25) is 5.88 Å². The highest BCUT2D eigenvalue weighted by molar-refractivity contribution is 6.35. The fraction of sp³-hybridized carbons (Fsp3) is 0.154. The Labute approximate surface area is 116 Å². The normalized spacial score (nSPS) is 10.2. The number of nitrogens with one attached hydrogen (secondary N) is 1. The highest BCUT2D eigenvalue weighted by Gasteiger charge is 2.03. The average Bonchev–Trinajstić information content (AvgIpc) is 2.35. The minimum atomic E-state index is 0.591. The zero-order valence-electron chi connectivity index (χ0n) is 9.78. The molecule has 0 fully saturated rings. The number of benzene rings is 1. The van der Waals surface area contributed by atoms with Crippen molar-refractivity contribution >= 4 is 28.9 Å². The maximum Gasteiger partial charge on any atom is 0.218 e. The predicted octanol–water partition coefficient (Wildman–Crippen LogP) is 4.01. The molecule has 0 spiro atoms. The lowest BCUT2D eigenvalue weighted by atomic mass is 10.2. The van der Waals surface area contributed by atoms with E-state index < -0.39 is 0 Å². The van der Waals surface area contributed by atoms with Gasteiger partial charge in [-0.25, -0.2) is 4.98 Å². The fourth-order valence-corrected chi connectivity index (χ4v) is 2.12. The van der Waals surface area contributed by atoms with Crippen molar-refractivity contribution in [3.63, 3.8) is 0 Å². The van der Waals surface area contributed by atoms with Crippen LogP contribution in [0.1, 0.15) is 5.56 Å². The fourth-order valence-electron chi connectivity index (χ4n) is 1.60. The molecule has 0 aliphatic carbocycles. The molecule has 0 saturated carbocycles. The summed E-state index contributed by atoms with van der Waals surface area (Å²) in [7, 11) is 1.60. The third kappa shape index (κ3) is 3.28. The molecule has 2 rings (SSSR count). The topological polar surface area (TPSA) is 34.1 Å². The van der Waals surface area contributed by atoms with Crippen LogP contribution < -0.4 is 10.1 Å². The minimum Gasteiger partial charge on any atom is -0.481 e. The SMILES string of the molecule is COc1ncccc1CNc1cc(Cl)cc(Cl)c1. The number of hydrogen-bond acceptors (Lipinski definition) is 3. The van der Waals surface area contributed by atoms with E-state index in [1.165, 1.54) is 0 Å². The summed E-state index contributed by atoms with van der Waals surface area (Å²) in [6.45, 7) is 0.591. The van der Waals surface area contributed by atoms with E-state index in [-0.39, 0.29) is 0 Å². The van der Waals surface area contributed by atoms with E-state index in [0.29, 0.717) is 22.5 Å². The first-order valence-corrected chi connectivity index (χ1v) is 6.12. The lowest BCUT2D eigenvalue weighted by Gasteiger charge is -2.10. The number of pyridine rings is 1. The maximum atomic E-state index is 5.93. The van der Waals surface area contributed by atoms with Crippen molar-refractivity contribution in [2.24, 2.45) is 0 Å². The van der Waals surface area contributed by atoms with Crippen LogP contribution in [-0.2, 0) is 6.54 Å². The van der Waals surface area contributed by atoms with Crippen LogP contribution in [0.15, 0.2) is 36.5 Å². The van der Waals surface area contributed by atoms with Crippen LogP contribution in [0.3, 0.4) is 0 Å². The van der Waals surface area contributed by atoms with Gasteiger partial charge in [-0.1, -0.05) is 29.3 Å². The zero-order chi connectivity index (χ0) is 13.0. The molecular formula is C13H12Cl2N2O. The Morgan fingerprint density at radius 3 is 2.61 bits per heavy atom. The number of aromatic nitrogens is 1. The standard InChI is InChI=1S/C13H12Cl2N2O/c1-18-13-9(3-2-4-16-13)8-17-12-6-10(14)5-11(15)7-12/h2-7,17H,8H2,1H3. The maximum absolute atomic E-state index is 5.93. The molecule has 1 N–H and O–H groups in total. The van der Waals surface area contributed by atoms with Gasteiger partial charge in [0.15, 0.2) is 0 Å². The van der Waals surface area contributed by atoms with Crippen molar-refractivity contribution in [3.05, 3.63) is 52.1 Å². The van der Waals surface area contributed by atoms with Crippen LogP contribution in [0.2, 0.25) is 10.0 Å². The average molecular weight is 283 g/mol. The number of anilines is 1. The van der Waals surface area contributed by atoms with Gasteiger partial charge in [0, 0.05) is 34.0 Å². The summed E-state index contributed by atoms with van der Waals surface area (Å²) in [5, 5.41) is 4.43. The van der Waals surface area contributed by atoms with Gasteiger partial charge in [-0.15, -0.1) is 0 Å². The molecule has 0 atom stereocenters. The van der Waals surface area contributed by atoms with Crippen LogP contribution in [0.4, 0.5) is 5.69 Å². The first-order chi connectivity index (χ1) is 8.69. The van der Waals surface area contributed by atoms with Crippen molar-refractivity contribution in [2.75, 3.05) is 12.4 Å². The van der Waals surface area contributed by atoms with Gasteiger partial charge in [0.1, 0.15) is 0 Å². The summed E-state index contributed by atoms with van der Waals surface area (Å²) in [5.74, 6) is 0.609. The van der Waals surface area contributed by atoms with Gasteiger partial charge in [-0.05, 0) is 24.3 Å². The van der Waals surface area contributed by atoms with Gasteiger partial charge in [0.05, 0.1) is 7.11 Å². The second-order valence-electron chi connectivity index (χ2n) is 3.68. The van der Waals surface area contributed by atoms with E-state index in [1.807, 2.05) is 24.3 Å². The van der Waals surface area contributed by atoms with Gasteiger partial charge >= 0.3 is 0 Å². The Hall–Kier alpha value is -1.45. The smallest absolute Gasteiger partial charge is 0.218 e. The number of rotatable bonds is 4. The van der Waals surface area contributed by atoms with E-state index in [0.717, 1.165) is 11.3 Å². The lowest BCUT2D eigenvalue weighted by molar-refractivity contribution is 0.393. The van der Waals surface area contributed by atoms with Crippen molar-refractivity contribution in [3.8, 4) is 5.88 Å². The van der Waals surface area contributed by atoms with Crippen LogP contribution in [0.25, 0.3) is 0 Å². The highest BCUT2D eigenvalue weighted by atomic mass is 35.5. The summed E-state index contributed by atoms with van der Waals surface area (Å²) in [5.41, 5.74) is 1.83. The molecular weight excluding hydrogens is 271 g/mol. The van der Waals surface area contributed by atoms with E-state index in [2.05, 4.69) is 10.3 Å². The first-order valence-electron chi connectivity index (χ1n) is 5.37. The lowest BCUT2D eigenvalue weighted by Crippen LogP contribution is -2.02. The molecule has 0 radical (unpaired) electrons. The summed E-state index contributed by atoms with van der Waals surface area (Å²) in [6.07, 6.45) is 1.69. The number of halogens is 2. The van der Waals surface area contributed by atoms with Gasteiger partial charge < -0.3 is 10.1 Å². The molecule has 3 nitrogen and oxygen atoms in total. The number of nitrogens with zero attached hydrogens (tertiary/aromatic N) is 1. The Kier molecular flexibility index (Phi) is 4.28.